The summed E-state index contributed by atoms with van der Waals surface area (Å²) in [6.45, 7) is 3.79. The number of nitrogens with two attached hydrogens (primary N) is 1. The first kappa shape index (κ1) is 18.9. The Bertz CT molecular complexity index is 943. The topological polar surface area (TPSA) is 104 Å². The summed E-state index contributed by atoms with van der Waals surface area (Å²) in [7, 11) is -7.44. The summed E-state index contributed by atoms with van der Waals surface area (Å²) in [5.74, 6) is 0.196. The van der Waals surface area contributed by atoms with E-state index in [-0.39, 0.29) is 32.4 Å². The first-order valence-corrected chi connectivity index (χ1v) is 11.3. The van der Waals surface area contributed by atoms with Crippen molar-refractivity contribution in [1.82, 2.24) is 0 Å². The number of benzene rings is 1. The molecule has 0 atom stereocenters. The zero-order chi connectivity index (χ0) is 18.1. The lowest BCUT2D eigenvalue weighted by atomic mass is 10.3. The summed E-state index contributed by atoms with van der Waals surface area (Å²) >= 11 is 1.06. The van der Waals surface area contributed by atoms with Crippen molar-refractivity contribution in [2.24, 2.45) is 5.73 Å². The molecule has 0 fully saturated rings. The van der Waals surface area contributed by atoms with Gasteiger partial charge in [0.1, 0.15) is 9.96 Å². The lowest BCUT2D eigenvalue weighted by molar-refractivity contribution is 0.241. The standard InChI is InChI=1S/C15H19NO5S3/c1-10(2)21-11-6-13(23(3,17)18)8-14(7-11)24(19,20)15-5-4-12(9-16)22-15/h4-8,10H,9,16H2,1-3H3. The third kappa shape index (κ3) is 4.15. The molecule has 2 aromatic rings. The van der Waals surface area contributed by atoms with Crippen LogP contribution in [0.3, 0.4) is 0 Å². The minimum Gasteiger partial charge on any atom is -0.491 e. The molecule has 0 spiro atoms. The summed E-state index contributed by atoms with van der Waals surface area (Å²) in [4.78, 5) is 0.507. The largest absolute Gasteiger partial charge is 0.491 e. The van der Waals surface area contributed by atoms with Gasteiger partial charge in [0.05, 0.1) is 15.9 Å². The van der Waals surface area contributed by atoms with E-state index < -0.39 is 19.7 Å². The Kier molecular flexibility index (Phi) is 5.38. The van der Waals surface area contributed by atoms with Gasteiger partial charge in [0, 0.05) is 17.7 Å². The van der Waals surface area contributed by atoms with E-state index in [1.54, 1.807) is 19.9 Å². The molecule has 9 heteroatoms. The molecule has 0 amide bonds. The Morgan fingerprint density at radius 2 is 1.71 bits per heavy atom. The van der Waals surface area contributed by atoms with Crippen LogP contribution < -0.4 is 10.5 Å². The van der Waals surface area contributed by atoms with Crippen LogP contribution in [0.5, 0.6) is 5.75 Å². The molecule has 0 aliphatic heterocycles. The number of thiophene rings is 1. The molecule has 0 unspecified atom stereocenters. The minimum atomic E-state index is -3.85. The van der Waals surface area contributed by atoms with Gasteiger partial charge in [-0.05, 0) is 44.2 Å². The van der Waals surface area contributed by atoms with Gasteiger partial charge < -0.3 is 10.5 Å². The first-order valence-electron chi connectivity index (χ1n) is 7.09. The predicted octanol–water partition coefficient (Wildman–Crippen LogP) is 2.23. The molecule has 24 heavy (non-hydrogen) atoms. The maximum Gasteiger partial charge on any atom is 0.216 e. The molecule has 6 nitrogen and oxygen atoms in total. The maximum absolute atomic E-state index is 12.8. The average molecular weight is 390 g/mol. The van der Waals surface area contributed by atoms with Crippen LogP contribution in [0.4, 0.5) is 0 Å². The molecule has 0 bridgehead atoms. The van der Waals surface area contributed by atoms with Gasteiger partial charge in [-0.25, -0.2) is 16.8 Å². The van der Waals surface area contributed by atoms with Crippen molar-refractivity contribution in [1.29, 1.82) is 0 Å². The Labute approximate surface area is 146 Å². The van der Waals surface area contributed by atoms with E-state index in [9.17, 15) is 16.8 Å². The predicted molar refractivity (Wildman–Crippen MR) is 93.0 cm³/mol. The van der Waals surface area contributed by atoms with E-state index in [4.69, 9.17) is 10.5 Å². The fourth-order valence-electron chi connectivity index (χ4n) is 1.98. The second-order valence-electron chi connectivity index (χ2n) is 5.51. The van der Waals surface area contributed by atoms with Gasteiger partial charge in [-0.3, -0.25) is 0 Å². The highest BCUT2D eigenvalue weighted by atomic mass is 32.2. The quantitative estimate of drug-likeness (QED) is 0.812. The van der Waals surface area contributed by atoms with Crippen LogP contribution >= 0.6 is 11.3 Å². The molecule has 0 radical (unpaired) electrons. The van der Waals surface area contributed by atoms with Crippen LogP contribution in [0.2, 0.25) is 0 Å². The van der Waals surface area contributed by atoms with E-state index >= 15 is 0 Å². The molecule has 132 valence electrons. The van der Waals surface area contributed by atoms with E-state index in [0.717, 1.165) is 28.5 Å². The van der Waals surface area contributed by atoms with Crippen molar-refractivity contribution in [2.75, 3.05) is 6.26 Å². The fourth-order valence-corrected chi connectivity index (χ4v) is 5.42. The third-order valence-electron chi connectivity index (χ3n) is 3.07. The van der Waals surface area contributed by atoms with Crippen LogP contribution in [0, 0.1) is 0 Å². The Balaban J connectivity index is 2.63. The smallest absolute Gasteiger partial charge is 0.216 e. The zero-order valence-electron chi connectivity index (χ0n) is 13.5. The number of hydrogen-bond donors (Lipinski definition) is 1. The van der Waals surface area contributed by atoms with Crippen molar-refractivity contribution in [3.05, 3.63) is 35.2 Å². The monoisotopic (exact) mass is 389 g/mol. The fraction of sp³-hybridized carbons (Fsp3) is 0.333. The Morgan fingerprint density at radius 3 is 2.21 bits per heavy atom. The van der Waals surface area contributed by atoms with E-state index in [2.05, 4.69) is 0 Å². The summed E-state index contributed by atoms with van der Waals surface area (Å²) in [6, 6.07) is 6.93. The van der Waals surface area contributed by atoms with E-state index in [1.165, 1.54) is 18.2 Å². The summed E-state index contributed by atoms with van der Waals surface area (Å²) in [6.07, 6.45) is 0.802. The van der Waals surface area contributed by atoms with Crippen LogP contribution in [0.1, 0.15) is 18.7 Å². The lowest BCUT2D eigenvalue weighted by Gasteiger charge is -2.13. The van der Waals surface area contributed by atoms with Crippen LogP contribution in [-0.4, -0.2) is 29.2 Å². The molecule has 0 aliphatic carbocycles. The summed E-state index contributed by atoms with van der Waals surface area (Å²) in [5, 5.41) is 0. The van der Waals surface area contributed by atoms with Crippen molar-refractivity contribution in [2.45, 2.75) is 40.5 Å². The molecule has 0 aliphatic rings. The van der Waals surface area contributed by atoms with Gasteiger partial charge in [-0.1, -0.05) is 0 Å². The van der Waals surface area contributed by atoms with Crippen molar-refractivity contribution in [3.63, 3.8) is 0 Å². The van der Waals surface area contributed by atoms with Crippen LogP contribution in [-0.2, 0) is 26.2 Å². The van der Waals surface area contributed by atoms with E-state index in [1.807, 2.05) is 0 Å². The number of sulfone groups is 2. The van der Waals surface area contributed by atoms with Crippen molar-refractivity contribution < 1.29 is 21.6 Å². The van der Waals surface area contributed by atoms with Crippen molar-refractivity contribution >= 4 is 31.0 Å². The first-order chi connectivity index (χ1) is 11.0. The molecule has 0 saturated carbocycles. The zero-order valence-corrected chi connectivity index (χ0v) is 16.0. The molecule has 2 N–H and O–H groups in total. The van der Waals surface area contributed by atoms with Gasteiger partial charge in [0.15, 0.2) is 9.84 Å². The highest BCUT2D eigenvalue weighted by Crippen LogP contribution is 2.32. The van der Waals surface area contributed by atoms with Crippen LogP contribution in [0.15, 0.2) is 44.3 Å². The maximum atomic E-state index is 12.8. The van der Waals surface area contributed by atoms with Gasteiger partial charge in [-0.2, -0.15) is 0 Å². The molecular weight excluding hydrogens is 370 g/mol. The second kappa shape index (κ2) is 6.83. The molecule has 2 rings (SSSR count). The lowest BCUT2D eigenvalue weighted by Crippen LogP contribution is -2.09. The van der Waals surface area contributed by atoms with Gasteiger partial charge in [-0.15, -0.1) is 11.3 Å². The van der Waals surface area contributed by atoms with Gasteiger partial charge in [0.25, 0.3) is 0 Å². The number of hydrogen-bond acceptors (Lipinski definition) is 7. The van der Waals surface area contributed by atoms with Gasteiger partial charge >= 0.3 is 0 Å². The Morgan fingerprint density at radius 1 is 1.08 bits per heavy atom. The molecule has 1 aromatic carbocycles. The number of rotatable bonds is 6. The second-order valence-corrected chi connectivity index (χ2v) is 10.9. The minimum absolute atomic E-state index is 0.102. The normalized spacial score (nSPS) is 12.5. The average Bonchev–Trinajstić information content (AvgIpc) is 2.95. The highest BCUT2D eigenvalue weighted by Gasteiger charge is 2.23. The van der Waals surface area contributed by atoms with Crippen LogP contribution in [0.25, 0.3) is 0 Å². The number of ether oxygens (including phenoxy) is 1. The van der Waals surface area contributed by atoms with Gasteiger partial charge in [0.2, 0.25) is 9.84 Å². The molecule has 1 aromatic heterocycles. The SMILES string of the molecule is CC(C)Oc1cc(S(C)(=O)=O)cc(S(=O)(=O)c2ccc(CN)s2)c1. The van der Waals surface area contributed by atoms with Crippen molar-refractivity contribution in [3.8, 4) is 5.75 Å². The third-order valence-corrected chi connectivity index (χ3v) is 7.49. The Hall–Kier alpha value is -1.42. The molecule has 0 saturated heterocycles. The highest BCUT2D eigenvalue weighted by molar-refractivity contribution is 7.93. The molecular formula is C15H19NO5S3. The summed E-state index contributed by atoms with van der Waals surface area (Å²) < 4.78 is 55.0. The van der Waals surface area contributed by atoms with E-state index in [0.29, 0.717) is 0 Å². The molecule has 1 heterocycles. The summed E-state index contributed by atoms with van der Waals surface area (Å²) in [5.41, 5.74) is 5.52.